The molecule has 0 bridgehead atoms. The molecule has 1 atom stereocenters. The van der Waals surface area contributed by atoms with Gasteiger partial charge >= 0.3 is 0 Å². The molecule has 3 rings (SSSR count). The molecule has 0 aliphatic heterocycles. The molecule has 2 aromatic carbocycles. The van der Waals surface area contributed by atoms with Crippen molar-refractivity contribution in [3.05, 3.63) is 54.6 Å². The molecular formula is C20H23N3OS. The van der Waals surface area contributed by atoms with Gasteiger partial charge in [0.05, 0.1) is 16.3 Å². The molecule has 0 aliphatic carbocycles. The number of rotatable bonds is 6. The van der Waals surface area contributed by atoms with Gasteiger partial charge in [-0.3, -0.25) is 4.79 Å². The van der Waals surface area contributed by atoms with E-state index in [1.54, 1.807) is 0 Å². The first kappa shape index (κ1) is 17.5. The normalized spacial score (nSPS) is 12.5. The van der Waals surface area contributed by atoms with Crippen molar-refractivity contribution in [3.8, 4) is 0 Å². The third-order valence-corrected chi connectivity index (χ3v) is 4.95. The van der Waals surface area contributed by atoms with Crippen LogP contribution in [0.4, 0.5) is 5.69 Å². The van der Waals surface area contributed by atoms with Gasteiger partial charge in [-0.1, -0.05) is 55.9 Å². The van der Waals surface area contributed by atoms with Crippen LogP contribution in [0, 0.1) is 5.92 Å². The first-order valence-electron chi connectivity index (χ1n) is 8.52. The fourth-order valence-corrected chi connectivity index (χ4v) is 3.60. The lowest BCUT2D eigenvalue weighted by molar-refractivity contribution is -0.115. The highest BCUT2D eigenvalue weighted by Crippen LogP contribution is 2.28. The van der Waals surface area contributed by atoms with Gasteiger partial charge in [0.25, 0.3) is 0 Å². The summed E-state index contributed by atoms with van der Waals surface area (Å²) in [6.45, 7) is 7.18. The van der Waals surface area contributed by atoms with E-state index in [-0.39, 0.29) is 11.2 Å². The minimum absolute atomic E-state index is 0.0145. The van der Waals surface area contributed by atoms with E-state index < -0.39 is 0 Å². The molecule has 130 valence electrons. The van der Waals surface area contributed by atoms with E-state index in [1.807, 2.05) is 55.5 Å². The Morgan fingerprint density at radius 3 is 2.48 bits per heavy atom. The standard InChI is InChI=1S/C20H23N3OS/c1-14(2)13-23-18-12-8-7-11-17(18)22-20(23)25-15(3)19(24)21-16-9-5-4-6-10-16/h4-12,14-15H,13H2,1-3H3,(H,21,24)/t15-/m0/s1. The summed E-state index contributed by atoms with van der Waals surface area (Å²) in [6.07, 6.45) is 0. The van der Waals surface area contributed by atoms with Crippen molar-refractivity contribution in [1.82, 2.24) is 9.55 Å². The fourth-order valence-electron chi connectivity index (χ4n) is 2.66. The first-order chi connectivity index (χ1) is 12.0. The van der Waals surface area contributed by atoms with Crippen LogP contribution < -0.4 is 5.32 Å². The third-order valence-electron chi connectivity index (χ3n) is 3.86. The first-order valence-corrected chi connectivity index (χ1v) is 9.40. The Hall–Kier alpha value is -2.27. The average molecular weight is 353 g/mol. The second-order valence-electron chi connectivity index (χ2n) is 6.50. The maximum absolute atomic E-state index is 12.5. The van der Waals surface area contributed by atoms with Gasteiger partial charge in [0.1, 0.15) is 0 Å². The van der Waals surface area contributed by atoms with E-state index in [1.165, 1.54) is 11.8 Å². The molecule has 0 fully saturated rings. The van der Waals surface area contributed by atoms with E-state index in [2.05, 4.69) is 29.8 Å². The van der Waals surface area contributed by atoms with Crippen molar-refractivity contribution in [1.29, 1.82) is 0 Å². The Morgan fingerprint density at radius 2 is 1.76 bits per heavy atom. The lowest BCUT2D eigenvalue weighted by Gasteiger charge is -2.15. The predicted octanol–water partition coefficient (Wildman–Crippen LogP) is 4.81. The topological polar surface area (TPSA) is 46.9 Å². The summed E-state index contributed by atoms with van der Waals surface area (Å²) < 4.78 is 2.22. The summed E-state index contributed by atoms with van der Waals surface area (Å²) in [7, 11) is 0. The number of nitrogens with one attached hydrogen (secondary N) is 1. The van der Waals surface area contributed by atoms with E-state index in [0.29, 0.717) is 5.92 Å². The number of amides is 1. The smallest absolute Gasteiger partial charge is 0.237 e. The number of anilines is 1. The van der Waals surface area contributed by atoms with Gasteiger partial charge in [-0.05, 0) is 37.1 Å². The Kier molecular flexibility index (Phi) is 5.43. The Morgan fingerprint density at radius 1 is 1.08 bits per heavy atom. The van der Waals surface area contributed by atoms with Crippen molar-refractivity contribution >= 4 is 34.4 Å². The highest BCUT2D eigenvalue weighted by molar-refractivity contribution is 8.00. The number of benzene rings is 2. The van der Waals surface area contributed by atoms with Crippen LogP contribution in [0.3, 0.4) is 0 Å². The second kappa shape index (κ2) is 7.74. The largest absolute Gasteiger partial charge is 0.325 e. The number of fused-ring (bicyclic) bond motifs is 1. The van der Waals surface area contributed by atoms with Crippen LogP contribution in [0.15, 0.2) is 59.8 Å². The molecule has 0 spiro atoms. The Labute approximate surface area is 152 Å². The lowest BCUT2D eigenvalue weighted by atomic mass is 10.2. The summed E-state index contributed by atoms with van der Waals surface area (Å²) in [5, 5.41) is 3.62. The van der Waals surface area contributed by atoms with Gasteiger partial charge in [0.2, 0.25) is 5.91 Å². The summed E-state index contributed by atoms with van der Waals surface area (Å²) >= 11 is 1.51. The maximum atomic E-state index is 12.5. The van der Waals surface area contributed by atoms with Crippen LogP contribution in [0.5, 0.6) is 0 Å². The van der Waals surface area contributed by atoms with Crippen molar-refractivity contribution in [3.63, 3.8) is 0 Å². The van der Waals surface area contributed by atoms with Crippen LogP contribution in [0.1, 0.15) is 20.8 Å². The molecule has 0 unspecified atom stereocenters. The average Bonchev–Trinajstić information content (AvgIpc) is 2.92. The lowest BCUT2D eigenvalue weighted by Crippen LogP contribution is -2.23. The molecule has 1 aromatic heterocycles. The summed E-state index contributed by atoms with van der Waals surface area (Å²) in [6, 6.07) is 17.7. The molecule has 1 N–H and O–H groups in total. The number of carbonyl (C=O) groups is 1. The van der Waals surface area contributed by atoms with Gasteiger partial charge in [-0.2, -0.15) is 0 Å². The quantitative estimate of drug-likeness (QED) is 0.647. The third kappa shape index (κ3) is 4.23. The van der Waals surface area contributed by atoms with Crippen LogP contribution in [0.2, 0.25) is 0 Å². The van der Waals surface area contributed by atoms with E-state index >= 15 is 0 Å². The minimum Gasteiger partial charge on any atom is -0.325 e. The molecule has 4 nitrogen and oxygen atoms in total. The number of hydrogen-bond acceptors (Lipinski definition) is 3. The van der Waals surface area contributed by atoms with Crippen LogP contribution in [-0.2, 0) is 11.3 Å². The monoisotopic (exact) mass is 353 g/mol. The van der Waals surface area contributed by atoms with Gasteiger partial charge < -0.3 is 9.88 Å². The van der Waals surface area contributed by atoms with Gasteiger partial charge in [-0.15, -0.1) is 0 Å². The van der Waals surface area contributed by atoms with Crippen LogP contribution >= 0.6 is 11.8 Å². The second-order valence-corrected chi connectivity index (χ2v) is 7.81. The highest BCUT2D eigenvalue weighted by Gasteiger charge is 2.20. The van der Waals surface area contributed by atoms with Crippen molar-refractivity contribution in [2.45, 2.75) is 37.7 Å². The molecule has 0 saturated heterocycles. The summed E-state index contributed by atoms with van der Waals surface area (Å²) in [5.41, 5.74) is 2.91. The fraction of sp³-hybridized carbons (Fsp3) is 0.300. The van der Waals surface area contributed by atoms with Gasteiger partial charge in [0, 0.05) is 12.2 Å². The maximum Gasteiger partial charge on any atom is 0.237 e. The number of para-hydroxylation sites is 3. The summed E-state index contributed by atoms with van der Waals surface area (Å²) in [5.74, 6) is 0.491. The summed E-state index contributed by atoms with van der Waals surface area (Å²) in [4.78, 5) is 17.2. The molecule has 0 radical (unpaired) electrons. The Balaban J connectivity index is 1.80. The minimum atomic E-state index is -0.233. The van der Waals surface area contributed by atoms with Crippen molar-refractivity contribution in [2.24, 2.45) is 5.92 Å². The number of hydrogen-bond donors (Lipinski definition) is 1. The zero-order valence-electron chi connectivity index (χ0n) is 14.8. The molecule has 0 saturated carbocycles. The molecule has 5 heteroatoms. The molecule has 1 amide bonds. The number of thioether (sulfide) groups is 1. The van der Waals surface area contributed by atoms with E-state index in [0.717, 1.165) is 28.4 Å². The number of imidazole rings is 1. The zero-order chi connectivity index (χ0) is 17.8. The molecule has 0 aliphatic rings. The molecule has 1 heterocycles. The number of carbonyl (C=O) groups excluding carboxylic acids is 1. The molecule has 3 aromatic rings. The van der Waals surface area contributed by atoms with Gasteiger partial charge in [0.15, 0.2) is 5.16 Å². The van der Waals surface area contributed by atoms with Gasteiger partial charge in [-0.25, -0.2) is 4.98 Å². The Bertz CT molecular complexity index is 858. The van der Waals surface area contributed by atoms with E-state index in [9.17, 15) is 4.79 Å². The zero-order valence-corrected chi connectivity index (χ0v) is 15.6. The van der Waals surface area contributed by atoms with E-state index in [4.69, 9.17) is 4.98 Å². The van der Waals surface area contributed by atoms with Crippen LogP contribution in [0.25, 0.3) is 11.0 Å². The van der Waals surface area contributed by atoms with Crippen LogP contribution in [-0.4, -0.2) is 20.7 Å². The predicted molar refractivity (Wildman–Crippen MR) is 105 cm³/mol. The molecular weight excluding hydrogens is 330 g/mol. The number of aromatic nitrogens is 2. The SMILES string of the molecule is CC(C)Cn1c(S[C@@H](C)C(=O)Nc2ccccc2)nc2ccccc21. The highest BCUT2D eigenvalue weighted by atomic mass is 32.2. The van der Waals surface area contributed by atoms with Crippen molar-refractivity contribution in [2.75, 3.05) is 5.32 Å². The molecule has 25 heavy (non-hydrogen) atoms. The number of nitrogens with zero attached hydrogens (tertiary/aromatic N) is 2. The van der Waals surface area contributed by atoms with Crippen molar-refractivity contribution < 1.29 is 4.79 Å².